The second-order valence-corrected chi connectivity index (χ2v) is 8.63. The Labute approximate surface area is 209 Å². The second-order valence-electron chi connectivity index (χ2n) is 8.63. The number of benzene rings is 3. The van der Waals surface area contributed by atoms with Crippen LogP contribution in [-0.4, -0.2) is 20.7 Å². The van der Waals surface area contributed by atoms with Crippen LogP contribution in [0.15, 0.2) is 114 Å². The number of carbonyl (C=O) groups is 1. The number of carbonyl (C=O) groups excluding carboxylic acids is 1. The van der Waals surface area contributed by atoms with Crippen LogP contribution in [0.4, 0.5) is 0 Å². The fraction of sp³-hybridized carbons (Fsp3) is 0.133. The topological polar surface area (TPSA) is 76.9 Å². The van der Waals surface area contributed by atoms with Crippen molar-refractivity contribution in [2.45, 2.75) is 25.4 Å². The Morgan fingerprint density at radius 3 is 2.03 bits per heavy atom. The Kier molecular flexibility index (Phi) is 6.94. The minimum absolute atomic E-state index is 0.0600. The lowest BCUT2D eigenvalue weighted by atomic mass is 9.88. The van der Waals surface area contributed by atoms with Crippen molar-refractivity contribution in [2.24, 2.45) is 0 Å². The Morgan fingerprint density at radius 2 is 1.39 bits per heavy atom. The van der Waals surface area contributed by atoms with Crippen LogP contribution >= 0.6 is 0 Å². The minimum atomic E-state index is -0.181. The average molecular weight is 475 g/mol. The first-order valence-corrected chi connectivity index (χ1v) is 11.9. The molecule has 6 nitrogen and oxygen atoms in total. The van der Waals surface area contributed by atoms with Crippen molar-refractivity contribution in [3.63, 3.8) is 0 Å². The fourth-order valence-corrected chi connectivity index (χ4v) is 4.43. The molecule has 1 N–H and O–H groups in total. The summed E-state index contributed by atoms with van der Waals surface area (Å²) in [5.41, 5.74) is 3.38. The molecular formula is C30H26N4O2. The maximum absolute atomic E-state index is 13.1. The van der Waals surface area contributed by atoms with Crippen LogP contribution in [-0.2, 0) is 17.9 Å². The summed E-state index contributed by atoms with van der Waals surface area (Å²) in [6.07, 6.45) is 2.00. The number of fused-ring (bicyclic) bond motifs is 1. The number of rotatable bonds is 8. The largest absolute Gasteiger partial charge is 0.350 e. The van der Waals surface area contributed by atoms with E-state index >= 15 is 0 Å². The van der Waals surface area contributed by atoms with E-state index in [1.54, 1.807) is 12.3 Å². The molecule has 5 rings (SSSR count). The first-order chi connectivity index (χ1) is 17.7. The molecule has 0 atom stereocenters. The highest BCUT2D eigenvalue weighted by Crippen LogP contribution is 2.27. The molecule has 0 saturated carbocycles. The molecule has 0 aliphatic heterocycles. The van der Waals surface area contributed by atoms with Gasteiger partial charge in [-0.1, -0.05) is 84.9 Å². The average Bonchev–Trinajstić information content (AvgIpc) is 2.94. The minimum Gasteiger partial charge on any atom is -0.350 e. The highest BCUT2D eigenvalue weighted by Gasteiger charge is 2.19. The zero-order valence-corrected chi connectivity index (χ0v) is 19.7. The Bertz CT molecular complexity index is 1480. The van der Waals surface area contributed by atoms with E-state index in [9.17, 15) is 9.59 Å². The predicted molar refractivity (Wildman–Crippen MR) is 141 cm³/mol. The van der Waals surface area contributed by atoms with Gasteiger partial charge in [0.15, 0.2) is 0 Å². The number of hydrogen-bond donors (Lipinski definition) is 1. The third-order valence-corrected chi connectivity index (χ3v) is 6.23. The number of nitrogens with one attached hydrogen (secondary N) is 1. The summed E-state index contributed by atoms with van der Waals surface area (Å²) >= 11 is 0. The molecule has 5 aromatic rings. The van der Waals surface area contributed by atoms with Gasteiger partial charge in [0.25, 0.3) is 5.56 Å². The molecule has 36 heavy (non-hydrogen) atoms. The number of aromatic nitrogens is 3. The van der Waals surface area contributed by atoms with E-state index in [0.717, 1.165) is 22.2 Å². The van der Waals surface area contributed by atoms with Crippen LogP contribution in [0, 0.1) is 0 Å². The van der Waals surface area contributed by atoms with Crippen molar-refractivity contribution in [2.75, 3.05) is 0 Å². The summed E-state index contributed by atoms with van der Waals surface area (Å²) in [7, 11) is 0. The summed E-state index contributed by atoms with van der Waals surface area (Å²) in [5.74, 6) is -0.142. The van der Waals surface area contributed by atoms with Gasteiger partial charge in [-0.2, -0.15) is 5.10 Å². The van der Waals surface area contributed by atoms with Crippen LogP contribution in [0.5, 0.6) is 0 Å². The highest BCUT2D eigenvalue weighted by molar-refractivity contribution is 5.84. The van der Waals surface area contributed by atoms with Crippen molar-refractivity contribution < 1.29 is 4.79 Å². The zero-order chi connectivity index (χ0) is 24.7. The van der Waals surface area contributed by atoms with E-state index in [1.165, 1.54) is 4.68 Å². The quantitative estimate of drug-likeness (QED) is 0.354. The highest BCUT2D eigenvalue weighted by atomic mass is 16.1. The lowest BCUT2D eigenvalue weighted by molar-refractivity contribution is -0.121. The Balaban J connectivity index is 1.39. The van der Waals surface area contributed by atoms with Crippen LogP contribution in [0.2, 0.25) is 0 Å². The molecular weight excluding hydrogens is 448 g/mol. The van der Waals surface area contributed by atoms with Gasteiger partial charge < -0.3 is 5.32 Å². The maximum Gasteiger partial charge on any atom is 0.275 e. The van der Waals surface area contributed by atoms with E-state index in [2.05, 4.69) is 15.4 Å². The summed E-state index contributed by atoms with van der Waals surface area (Å²) in [6.45, 7) is 0.480. The summed E-state index contributed by atoms with van der Waals surface area (Å²) in [6, 6.07) is 33.0. The maximum atomic E-state index is 13.1. The van der Waals surface area contributed by atoms with Gasteiger partial charge in [0, 0.05) is 23.9 Å². The molecule has 0 fully saturated rings. The first-order valence-electron chi connectivity index (χ1n) is 11.9. The predicted octanol–water partition coefficient (Wildman–Crippen LogP) is 4.68. The van der Waals surface area contributed by atoms with Gasteiger partial charge in [0.2, 0.25) is 5.91 Å². The summed E-state index contributed by atoms with van der Waals surface area (Å²) in [5, 5.41) is 8.96. The van der Waals surface area contributed by atoms with Gasteiger partial charge in [0.1, 0.15) is 0 Å². The number of pyridine rings is 1. The van der Waals surface area contributed by atoms with Gasteiger partial charge in [-0.15, -0.1) is 0 Å². The molecule has 2 aromatic heterocycles. The van der Waals surface area contributed by atoms with E-state index < -0.39 is 0 Å². The lowest BCUT2D eigenvalue weighted by Crippen LogP contribution is -2.29. The van der Waals surface area contributed by atoms with Gasteiger partial charge in [-0.05, 0) is 29.3 Å². The van der Waals surface area contributed by atoms with Gasteiger partial charge in [-0.25, -0.2) is 4.68 Å². The SMILES string of the molecule is O=C(CC(c1ccccc1)c1ccccc1)NCc1nn(Cc2ccccn2)c(=O)c2ccccc12. The van der Waals surface area contributed by atoms with Crippen molar-refractivity contribution in [3.8, 4) is 0 Å². The van der Waals surface area contributed by atoms with E-state index in [0.29, 0.717) is 17.5 Å². The van der Waals surface area contributed by atoms with Crippen molar-refractivity contribution >= 4 is 16.7 Å². The van der Waals surface area contributed by atoms with Crippen molar-refractivity contribution in [1.82, 2.24) is 20.1 Å². The van der Waals surface area contributed by atoms with Crippen LogP contribution < -0.4 is 10.9 Å². The van der Waals surface area contributed by atoms with Crippen molar-refractivity contribution in [1.29, 1.82) is 0 Å². The molecule has 0 aliphatic rings. The fourth-order valence-electron chi connectivity index (χ4n) is 4.43. The second kappa shape index (κ2) is 10.8. The standard InChI is InChI=1S/C30H26N4O2/c35-29(19-27(22-11-3-1-4-12-22)23-13-5-2-6-14-23)32-20-28-25-16-7-8-17-26(25)30(36)34(33-28)21-24-15-9-10-18-31-24/h1-18,27H,19-21H2,(H,32,35). The summed E-state index contributed by atoms with van der Waals surface area (Å²) in [4.78, 5) is 30.5. The molecule has 0 aliphatic carbocycles. The number of hydrogen-bond acceptors (Lipinski definition) is 4. The zero-order valence-electron chi connectivity index (χ0n) is 19.7. The molecule has 0 spiro atoms. The third-order valence-electron chi connectivity index (χ3n) is 6.23. The van der Waals surface area contributed by atoms with Crippen molar-refractivity contribution in [3.05, 3.63) is 142 Å². The third kappa shape index (κ3) is 5.23. The number of amides is 1. The number of nitrogens with zero attached hydrogens (tertiary/aromatic N) is 3. The molecule has 2 heterocycles. The van der Waals surface area contributed by atoms with E-state index in [-0.39, 0.29) is 30.5 Å². The first kappa shape index (κ1) is 23.2. The Hall–Kier alpha value is -4.58. The van der Waals surface area contributed by atoms with E-state index in [1.807, 2.05) is 97.1 Å². The molecule has 6 heteroatoms. The van der Waals surface area contributed by atoms with Gasteiger partial charge in [-0.3, -0.25) is 14.6 Å². The lowest BCUT2D eigenvalue weighted by Gasteiger charge is -2.18. The monoisotopic (exact) mass is 474 g/mol. The Morgan fingerprint density at radius 1 is 0.778 bits per heavy atom. The molecule has 0 radical (unpaired) electrons. The smallest absolute Gasteiger partial charge is 0.275 e. The van der Waals surface area contributed by atoms with Gasteiger partial charge >= 0.3 is 0 Å². The molecule has 3 aromatic carbocycles. The molecule has 178 valence electrons. The van der Waals surface area contributed by atoms with Crippen LogP contribution in [0.3, 0.4) is 0 Å². The van der Waals surface area contributed by atoms with Gasteiger partial charge in [0.05, 0.1) is 29.9 Å². The molecule has 0 bridgehead atoms. The van der Waals surface area contributed by atoms with E-state index in [4.69, 9.17) is 0 Å². The van der Waals surface area contributed by atoms with Crippen LogP contribution in [0.25, 0.3) is 10.8 Å². The summed E-state index contributed by atoms with van der Waals surface area (Å²) < 4.78 is 1.42. The molecule has 1 amide bonds. The molecule has 0 unspecified atom stereocenters. The van der Waals surface area contributed by atoms with Crippen LogP contribution in [0.1, 0.15) is 34.9 Å². The molecule has 0 saturated heterocycles. The normalized spacial score (nSPS) is 11.0.